The number of benzene rings is 2. The van der Waals surface area contributed by atoms with Crippen LogP contribution < -0.4 is 0 Å². The minimum absolute atomic E-state index is 0.423. The van der Waals surface area contributed by atoms with Crippen molar-refractivity contribution in [3.8, 4) is 5.69 Å². The first kappa shape index (κ1) is 17.6. The second-order valence-electron chi connectivity index (χ2n) is 7.55. The largest absolute Gasteiger partial charge is 0.306 e. The lowest BCUT2D eigenvalue weighted by atomic mass is 9.95. The van der Waals surface area contributed by atoms with Crippen LogP contribution >= 0.6 is 11.6 Å². The van der Waals surface area contributed by atoms with Crippen LogP contribution in [0.4, 0.5) is 0 Å². The van der Waals surface area contributed by atoms with E-state index in [-0.39, 0.29) is 0 Å². The summed E-state index contributed by atoms with van der Waals surface area (Å²) in [4.78, 5) is 7.29. The maximum Gasteiger partial charge on any atom is 0.159 e. The SMILES string of the molecule is CN1CCC(c2nnc3n2-c2ccccc2C(c2ccccc2Cl)=NC3)CC1. The van der Waals surface area contributed by atoms with Gasteiger partial charge in [-0.05, 0) is 45.1 Å². The number of nitrogens with zero attached hydrogens (tertiary/aromatic N) is 5. The Labute approximate surface area is 169 Å². The Balaban J connectivity index is 1.64. The lowest BCUT2D eigenvalue weighted by molar-refractivity contribution is 0.250. The molecule has 28 heavy (non-hydrogen) atoms. The van der Waals surface area contributed by atoms with Gasteiger partial charge in [-0.25, -0.2) is 0 Å². The van der Waals surface area contributed by atoms with Crippen LogP contribution in [0, 0.1) is 0 Å². The predicted molar refractivity (Wildman–Crippen MR) is 112 cm³/mol. The molecule has 6 heteroatoms. The van der Waals surface area contributed by atoms with E-state index < -0.39 is 0 Å². The van der Waals surface area contributed by atoms with Crippen molar-refractivity contribution in [2.45, 2.75) is 25.3 Å². The highest BCUT2D eigenvalue weighted by Crippen LogP contribution is 2.33. The molecule has 3 aromatic rings. The number of hydrogen-bond acceptors (Lipinski definition) is 4. The average molecular weight is 392 g/mol. The summed E-state index contributed by atoms with van der Waals surface area (Å²) in [6.07, 6.45) is 2.21. The van der Waals surface area contributed by atoms with E-state index in [0.717, 1.165) is 60.1 Å². The summed E-state index contributed by atoms with van der Waals surface area (Å²) in [7, 11) is 2.18. The Morgan fingerprint density at radius 1 is 0.929 bits per heavy atom. The van der Waals surface area contributed by atoms with Crippen LogP contribution in [0.5, 0.6) is 0 Å². The summed E-state index contributed by atoms with van der Waals surface area (Å²) in [5, 5.41) is 9.83. The first-order valence-corrected chi connectivity index (χ1v) is 10.1. The third kappa shape index (κ3) is 2.95. The molecule has 142 valence electrons. The summed E-state index contributed by atoms with van der Waals surface area (Å²) in [6, 6.07) is 16.3. The molecule has 0 atom stereocenters. The number of hydrogen-bond donors (Lipinski definition) is 0. The third-order valence-corrected chi connectivity index (χ3v) is 6.08. The highest BCUT2D eigenvalue weighted by Gasteiger charge is 2.28. The smallest absolute Gasteiger partial charge is 0.159 e. The molecule has 3 heterocycles. The van der Waals surface area contributed by atoms with E-state index in [1.165, 1.54) is 0 Å². The van der Waals surface area contributed by atoms with Gasteiger partial charge in [0.2, 0.25) is 0 Å². The number of para-hydroxylation sites is 1. The molecule has 1 fully saturated rings. The lowest BCUT2D eigenvalue weighted by Gasteiger charge is -2.28. The minimum atomic E-state index is 0.423. The molecule has 0 N–H and O–H groups in total. The Bertz CT molecular complexity index is 1050. The number of likely N-dealkylation sites (tertiary alicyclic amines) is 1. The normalized spacial score (nSPS) is 17.6. The van der Waals surface area contributed by atoms with Crippen LogP contribution in [-0.2, 0) is 6.54 Å². The molecule has 1 aromatic heterocycles. The van der Waals surface area contributed by atoms with Gasteiger partial charge in [0, 0.05) is 22.1 Å². The number of aromatic nitrogens is 3. The molecule has 2 aliphatic rings. The van der Waals surface area contributed by atoms with Gasteiger partial charge in [-0.3, -0.25) is 9.56 Å². The maximum absolute atomic E-state index is 6.51. The molecule has 0 bridgehead atoms. The molecule has 0 amide bonds. The Kier molecular flexibility index (Phi) is 4.49. The Morgan fingerprint density at radius 3 is 2.43 bits per heavy atom. The van der Waals surface area contributed by atoms with Gasteiger partial charge in [0.15, 0.2) is 5.82 Å². The Hall–Kier alpha value is -2.50. The fraction of sp³-hybridized carbons (Fsp3) is 0.318. The summed E-state index contributed by atoms with van der Waals surface area (Å²) < 4.78 is 2.23. The van der Waals surface area contributed by atoms with Crippen molar-refractivity contribution in [1.29, 1.82) is 0 Å². The lowest BCUT2D eigenvalue weighted by Crippen LogP contribution is -2.30. The van der Waals surface area contributed by atoms with Crippen LogP contribution in [0.15, 0.2) is 53.5 Å². The minimum Gasteiger partial charge on any atom is -0.306 e. The zero-order chi connectivity index (χ0) is 19.1. The van der Waals surface area contributed by atoms with Crippen LogP contribution in [0.3, 0.4) is 0 Å². The van der Waals surface area contributed by atoms with Crippen molar-refractivity contribution in [2.75, 3.05) is 20.1 Å². The van der Waals surface area contributed by atoms with Crippen LogP contribution in [0.1, 0.15) is 41.5 Å². The fourth-order valence-electron chi connectivity index (χ4n) is 4.21. The van der Waals surface area contributed by atoms with Gasteiger partial charge in [-0.15, -0.1) is 10.2 Å². The van der Waals surface area contributed by atoms with Crippen molar-refractivity contribution in [3.63, 3.8) is 0 Å². The number of aliphatic imine (C=N–C) groups is 1. The number of fused-ring (bicyclic) bond motifs is 3. The van der Waals surface area contributed by atoms with E-state index in [1.807, 2.05) is 24.3 Å². The predicted octanol–water partition coefficient (Wildman–Crippen LogP) is 4.08. The molecular formula is C22H22ClN5. The number of halogens is 1. The molecule has 0 spiro atoms. The molecule has 0 saturated carbocycles. The maximum atomic E-state index is 6.51. The second-order valence-corrected chi connectivity index (χ2v) is 7.96. The van der Waals surface area contributed by atoms with Crippen molar-refractivity contribution in [3.05, 3.63) is 76.3 Å². The van der Waals surface area contributed by atoms with Crippen molar-refractivity contribution in [1.82, 2.24) is 19.7 Å². The topological polar surface area (TPSA) is 46.3 Å². The number of rotatable bonds is 2. The van der Waals surface area contributed by atoms with E-state index in [9.17, 15) is 0 Å². The quantitative estimate of drug-likeness (QED) is 0.661. The molecule has 1 saturated heterocycles. The zero-order valence-electron chi connectivity index (χ0n) is 15.8. The van der Waals surface area contributed by atoms with Crippen molar-refractivity contribution < 1.29 is 0 Å². The third-order valence-electron chi connectivity index (χ3n) is 5.75. The molecular weight excluding hydrogens is 370 g/mol. The van der Waals surface area contributed by atoms with E-state index in [4.69, 9.17) is 16.6 Å². The van der Waals surface area contributed by atoms with Crippen LogP contribution in [-0.4, -0.2) is 45.5 Å². The van der Waals surface area contributed by atoms with Gasteiger partial charge in [0.25, 0.3) is 0 Å². The summed E-state index contributed by atoms with van der Waals surface area (Å²) >= 11 is 6.51. The van der Waals surface area contributed by atoms with Gasteiger partial charge in [-0.1, -0.05) is 48.0 Å². The molecule has 0 unspecified atom stereocenters. The fourth-order valence-corrected chi connectivity index (χ4v) is 4.44. The van der Waals surface area contributed by atoms with Crippen LogP contribution in [0.25, 0.3) is 5.69 Å². The second kappa shape index (κ2) is 7.15. The van der Waals surface area contributed by atoms with Gasteiger partial charge >= 0.3 is 0 Å². The molecule has 0 radical (unpaired) electrons. The molecule has 0 aliphatic carbocycles. The average Bonchev–Trinajstić information content (AvgIpc) is 3.07. The number of piperidine rings is 1. The van der Waals surface area contributed by atoms with E-state index in [2.05, 4.69) is 51.0 Å². The molecule has 2 aliphatic heterocycles. The first-order valence-electron chi connectivity index (χ1n) is 9.74. The van der Waals surface area contributed by atoms with Crippen molar-refractivity contribution in [2.24, 2.45) is 4.99 Å². The van der Waals surface area contributed by atoms with Crippen LogP contribution in [0.2, 0.25) is 5.02 Å². The monoisotopic (exact) mass is 391 g/mol. The van der Waals surface area contributed by atoms with E-state index >= 15 is 0 Å². The van der Waals surface area contributed by atoms with Gasteiger partial charge in [-0.2, -0.15) is 0 Å². The first-order chi connectivity index (χ1) is 13.7. The Morgan fingerprint density at radius 2 is 1.64 bits per heavy atom. The van der Waals surface area contributed by atoms with Crippen molar-refractivity contribution >= 4 is 17.3 Å². The van der Waals surface area contributed by atoms with E-state index in [0.29, 0.717) is 17.5 Å². The highest BCUT2D eigenvalue weighted by atomic mass is 35.5. The van der Waals surface area contributed by atoms with Gasteiger partial charge < -0.3 is 4.90 Å². The molecule has 5 nitrogen and oxygen atoms in total. The molecule has 5 rings (SSSR count). The zero-order valence-corrected chi connectivity index (χ0v) is 16.6. The summed E-state index contributed by atoms with van der Waals surface area (Å²) in [6.45, 7) is 2.68. The van der Waals surface area contributed by atoms with Gasteiger partial charge in [0.1, 0.15) is 12.4 Å². The highest BCUT2D eigenvalue weighted by molar-refractivity contribution is 6.35. The summed E-state index contributed by atoms with van der Waals surface area (Å²) in [5.41, 5.74) is 4.04. The standard InChI is InChI=1S/C22H22ClN5/c1-27-12-10-15(11-13-27)22-26-25-20-14-24-21(16-6-2-4-8-18(16)23)17-7-3-5-9-19(17)28(20)22/h2-9,15H,10-14H2,1H3. The molecule has 2 aromatic carbocycles. The van der Waals surface area contributed by atoms with Gasteiger partial charge in [0.05, 0.1) is 11.4 Å². The summed E-state index contributed by atoms with van der Waals surface area (Å²) in [5.74, 6) is 2.38. The van der Waals surface area contributed by atoms with E-state index in [1.54, 1.807) is 0 Å².